The van der Waals surface area contributed by atoms with Crippen LogP contribution < -0.4 is 5.32 Å². The van der Waals surface area contributed by atoms with Crippen molar-refractivity contribution in [3.05, 3.63) is 24.5 Å². The molecule has 4 heterocycles. The number of hydrogen-bond acceptors (Lipinski definition) is 7. The summed E-state index contributed by atoms with van der Waals surface area (Å²) in [5.74, 6) is 2.73. The summed E-state index contributed by atoms with van der Waals surface area (Å²) in [4.78, 5) is 37.2. The highest BCUT2D eigenvalue weighted by Crippen LogP contribution is 2.38. The van der Waals surface area contributed by atoms with Crippen LogP contribution in [0.25, 0.3) is 22.6 Å². The van der Waals surface area contributed by atoms with Gasteiger partial charge in [-0.3, -0.25) is 4.79 Å². The highest BCUT2D eigenvalue weighted by Gasteiger charge is 2.45. The summed E-state index contributed by atoms with van der Waals surface area (Å²) in [5.41, 5.74) is 2.28. The number of aromatic nitrogens is 6. The second-order valence-electron chi connectivity index (χ2n) is 9.27. The van der Waals surface area contributed by atoms with E-state index in [2.05, 4.69) is 50.6 Å². The molecule has 9 heteroatoms. The lowest BCUT2D eigenvalue weighted by Crippen LogP contribution is -2.35. The first-order chi connectivity index (χ1) is 14.9. The van der Waals surface area contributed by atoms with Crippen LogP contribution in [0.5, 0.6) is 0 Å². The minimum absolute atomic E-state index is 0.0667. The van der Waals surface area contributed by atoms with Crippen LogP contribution in [0.2, 0.25) is 0 Å². The number of likely N-dealkylation sites (tertiary alicyclic amines) is 1. The summed E-state index contributed by atoms with van der Waals surface area (Å²) in [6, 6.07) is 0.0891. The highest BCUT2D eigenvalue weighted by atomic mass is 16.2. The van der Waals surface area contributed by atoms with Crippen LogP contribution in [0.4, 0.5) is 5.82 Å². The zero-order chi connectivity index (χ0) is 21.8. The van der Waals surface area contributed by atoms with Crippen LogP contribution >= 0.6 is 0 Å². The average Bonchev–Trinajstić information content (AvgIpc) is 3.46. The SMILES string of the molecule is CCn1c(-c2cnc(C)nc2)nc2c(NC3CN(C(=O)C4CC4)CC3(C)C)ncnc21. The van der Waals surface area contributed by atoms with Crippen LogP contribution in [0.3, 0.4) is 0 Å². The Morgan fingerprint density at radius 2 is 1.94 bits per heavy atom. The monoisotopic (exact) mass is 420 g/mol. The maximum absolute atomic E-state index is 12.6. The largest absolute Gasteiger partial charge is 0.363 e. The van der Waals surface area contributed by atoms with Gasteiger partial charge in [0.05, 0.1) is 11.6 Å². The van der Waals surface area contributed by atoms with Gasteiger partial charge in [0.1, 0.15) is 18.0 Å². The molecule has 1 saturated heterocycles. The number of anilines is 1. The van der Waals surface area contributed by atoms with Gasteiger partial charge in [0.15, 0.2) is 17.0 Å². The molecule has 0 radical (unpaired) electrons. The van der Waals surface area contributed by atoms with E-state index in [1.54, 1.807) is 18.7 Å². The number of imidazole rings is 1. The lowest BCUT2D eigenvalue weighted by molar-refractivity contribution is -0.131. The Kier molecular flexibility index (Phi) is 4.64. The maximum Gasteiger partial charge on any atom is 0.225 e. The van der Waals surface area contributed by atoms with E-state index >= 15 is 0 Å². The molecule has 1 aliphatic carbocycles. The van der Waals surface area contributed by atoms with Crippen LogP contribution in [0.15, 0.2) is 18.7 Å². The molecule has 3 aromatic heterocycles. The smallest absolute Gasteiger partial charge is 0.225 e. The van der Waals surface area contributed by atoms with Crippen molar-refractivity contribution in [1.29, 1.82) is 0 Å². The van der Waals surface area contributed by atoms with Crippen LogP contribution in [0, 0.1) is 18.3 Å². The molecule has 162 valence electrons. The lowest BCUT2D eigenvalue weighted by atomic mass is 9.88. The summed E-state index contributed by atoms with van der Waals surface area (Å²) < 4.78 is 2.05. The van der Waals surface area contributed by atoms with E-state index in [1.165, 1.54) is 0 Å². The first-order valence-corrected chi connectivity index (χ1v) is 10.9. The molecule has 9 nitrogen and oxygen atoms in total. The third-order valence-electron chi connectivity index (χ3n) is 6.38. The number of aryl methyl sites for hydroxylation is 2. The predicted molar refractivity (Wildman–Crippen MR) is 117 cm³/mol. The van der Waals surface area contributed by atoms with Crippen LogP contribution in [-0.2, 0) is 11.3 Å². The topological polar surface area (TPSA) is 102 Å². The Morgan fingerprint density at radius 3 is 2.61 bits per heavy atom. The molecule has 1 N–H and O–H groups in total. The number of carbonyl (C=O) groups is 1. The van der Waals surface area contributed by atoms with Gasteiger partial charge >= 0.3 is 0 Å². The zero-order valence-corrected chi connectivity index (χ0v) is 18.5. The summed E-state index contributed by atoms with van der Waals surface area (Å²) in [7, 11) is 0. The number of carbonyl (C=O) groups excluding carboxylic acids is 1. The maximum atomic E-state index is 12.6. The minimum Gasteiger partial charge on any atom is -0.363 e. The molecule has 1 aliphatic heterocycles. The molecule has 1 amide bonds. The van der Waals surface area contributed by atoms with Gasteiger partial charge in [0.25, 0.3) is 0 Å². The Bertz CT molecular complexity index is 1130. The molecular formula is C22H28N8O. The second-order valence-corrected chi connectivity index (χ2v) is 9.27. The summed E-state index contributed by atoms with van der Waals surface area (Å²) in [5, 5.41) is 3.59. The summed E-state index contributed by atoms with van der Waals surface area (Å²) in [6.45, 7) is 10.5. The number of fused-ring (bicyclic) bond motifs is 1. The minimum atomic E-state index is -0.0667. The Hall–Kier alpha value is -3.10. The van der Waals surface area contributed by atoms with Crippen molar-refractivity contribution < 1.29 is 4.79 Å². The van der Waals surface area contributed by atoms with E-state index in [-0.39, 0.29) is 17.4 Å². The molecule has 0 spiro atoms. The molecule has 0 aromatic carbocycles. The van der Waals surface area contributed by atoms with Gasteiger partial charge in [-0.05, 0) is 26.7 Å². The van der Waals surface area contributed by atoms with Gasteiger partial charge in [0, 0.05) is 43.4 Å². The fraction of sp³-hybridized carbons (Fsp3) is 0.545. The van der Waals surface area contributed by atoms with E-state index in [0.29, 0.717) is 18.3 Å². The Labute approximate surface area is 181 Å². The van der Waals surface area contributed by atoms with E-state index in [1.807, 2.05) is 11.8 Å². The number of nitrogens with zero attached hydrogens (tertiary/aromatic N) is 7. The van der Waals surface area contributed by atoms with Crippen molar-refractivity contribution in [2.24, 2.45) is 11.3 Å². The normalized spacial score (nSPS) is 20.4. The van der Waals surface area contributed by atoms with Gasteiger partial charge in [-0.1, -0.05) is 13.8 Å². The molecule has 2 fully saturated rings. The first-order valence-electron chi connectivity index (χ1n) is 10.9. The third-order valence-corrected chi connectivity index (χ3v) is 6.38. The summed E-state index contributed by atoms with van der Waals surface area (Å²) in [6.07, 6.45) is 7.21. The van der Waals surface area contributed by atoms with Gasteiger partial charge in [-0.15, -0.1) is 0 Å². The molecule has 1 saturated carbocycles. The van der Waals surface area contributed by atoms with Gasteiger partial charge < -0.3 is 14.8 Å². The van der Waals surface area contributed by atoms with Crippen molar-refractivity contribution in [3.8, 4) is 11.4 Å². The molecule has 31 heavy (non-hydrogen) atoms. The molecule has 1 unspecified atom stereocenters. The van der Waals surface area contributed by atoms with Gasteiger partial charge in [-0.25, -0.2) is 24.9 Å². The van der Waals surface area contributed by atoms with Gasteiger partial charge in [0.2, 0.25) is 5.91 Å². The molecule has 0 bridgehead atoms. The van der Waals surface area contributed by atoms with Gasteiger partial charge in [-0.2, -0.15) is 0 Å². The van der Waals surface area contributed by atoms with Crippen molar-refractivity contribution in [2.45, 2.75) is 53.1 Å². The lowest BCUT2D eigenvalue weighted by Gasteiger charge is -2.26. The van der Waals surface area contributed by atoms with Crippen molar-refractivity contribution in [1.82, 2.24) is 34.4 Å². The number of rotatable bonds is 5. The average molecular weight is 421 g/mol. The van der Waals surface area contributed by atoms with E-state index in [4.69, 9.17) is 4.98 Å². The van der Waals surface area contributed by atoms with Crippen molar-refractivity contribution in [3.63, 3.8) is 0 Å². The summed E-state index contributed by atoms with van der Waals surface area (Å²) >= 11 is 0. The van der Waals surface area contributed by atoms with E-state index in [9.17, 15) is 4.79 Å². The third kappa shape index (κ3) is 3.51. The van der Waals surface area contributed by atoms with Crippen LogP contribution in [0.1, 0.15) is 39.4 Å². The number of nitrogens with one attached hydrogen (secondary N) is 1. The Morgan fingerprint density at radius 1 is 1.19 bits per heavy atom. The highest BCUT2D eigenvalue weighted by molar-refractivity contribution is 5.86. The molecule has 1 atom stereocenters. The molecular weight excluding hydrogens is 392 g/mol. The Balaban J connectivity index is 1.49. The van der Waals surface area contributed by atoms with Crippen molar-refractivity contribution in [2.75, 3.05) is 18.4 Å². The first kappa shape index (κ1) is 19.8. The number of amides is 1. The van der Waals surface area contributed by atoms with Crippen molar-refractivity contribution >= 4 is 22.9 Å². The second kappa shape index (κ2) is 7.25. The quantitative estimate of drug-likeness (QED) is 0.677. The fourth-order valence-electron chi connectivity index (χ4n) is 4.37. The molecule has 5 rings (SSSR count). The number of hydrogen-bond donors (Lipinski definition) is 1. The van der Waals surface area contributed by atoms with E-state index < -0.39 is 0 Å². The van der Waals surface area contributed by atoms with Crippen LogP contribution in [-0.4, -0.2) is 59.4 Å². The molecule has 3 aromatic rings. The predicted octanol–water partition coefficient (Wildman–Crippen LogP) is 2.67. The fourth-order valence-corrected chi connectivity index (χ4v) is 4.37. The standard InChI is InChI=1S/C22H28N8O/c1-5-30-19(15-8-23-13(2)24-9-15)28-17-18(25-12-26-20(17)30)27-16-10-29(11-22(16,3)4)21(31)14-6-7-14/h8-9,12,14,16H,5-7,10-11H2,1-4H3,(H,25,26,27). The zero-order valence-electron chi connectivity index (χ0n) is 18.5. The molecule has 2 aliphatic rings. The van der Waals surface area contributed by atoms with E-state index in [0.717, 1.165) is 54.3 Å².